The second kappa shape index (κ2) is 7.97. The van der Waals surface area contributed by atoms with Crippen molar-refractivity contribution in [3.05, 3.63) is 59.3 Å². The second-order valence-electron chi connectivity index (χ2n) is 8.86. The van der Waals surface area contributed by atoms with E-state index in [1.54, 1.807) is 6.92 Å². The third-order valence-corrected chi connectivity index (χ3v) is 6.58. The van der Waals surface area contributed by atoms with Gasteiger partial charge in [0, 0.05) is 25.6 Å². The topological polar surface area (TPSA) is 42.5 Å². The number of carbonyl (C=O) groups is 1. The normalized spacial score (nSPS) is 15.2. The monoisotopic (exact) mass is 414 g/mol. The molecule has 1 aliphatic heterocycles. The van der Waals surface area contributed by atoms with Crippen LogP contribution in [-0.4, -0.2) is 44.3 Å². The molecule has 160 valence electrons. The van der Waals surface area contributed by atoms with Crippen LogP contribution in [0.5, 0.6) is 0 Å². The Balaban J connectivity index is 1.71. The van der Waals surface area contributed by atoms with Crippen LogP contribution >= 0.6 is 0 Å². The fourth-order valence-corrected chi connectivity index (χ4v) is 4.96. The molecular weight excluding hydrogens is 384 g/mol. The molecule has 31 heavy (non-hydrogen) atoms. The van der Waals surface area contributed by atoms with Gasteiger partial charge in [0.1, 0.15) is 11.4 Å². The summed E-state index contributed by atoms with van der Waals surface area (Å²) >= 11 is 0. The summed E-state index contributed by atoms with van der Waals surface area (Å²) in [6.07, 6.45) is 3.92. The number of nitrogens with zero attached hydrogens (tertiary/aromatic N) is 4. The summed E-state index contributed by atoms with van der Waals surface area (Å²) in [7, 11) is 0. The van der Waals surface area contributed by atoms with Crippen LogP contribution in [0.4, 0.5) is 0 Å². The summed E-state index contributed by atoms with van der Waals surface area (Å²) in [6, 6.07) is 14.7. The van der Waals surface area contributed by atoms with Crippen LogP contribution < -0.4 is 0 Å². The number of piperidine rings is 1. The lowest BCUT2D eigenvalue weighted by Gasteiger charge is -2.26. The van der Waals surface area contributed by atoms with Gasteiger partial charge in [-0.25, -0.2) is 4.98 Å². The highest BCUT2D eigenvalue weighted by molar-refractivity contribution is 6.02. The van der Waals surface area contributed by atoms with Crippen molar-refractivity contribution in [2.75, 3.05) is 19.6 Å². The van der Waals surface area contributed by atoms with E-state index in [1.165, 1.54) is 37.9 Å². The highest BCUT2D eigenvalue weighted by atomic mass is 16.1. The molecule has 0 N–H and O–H groups in total. The number of para-hydroxylation sites is 2. The van der Waals surface area contributed by atoms with Crippen LogP contribution in [0.15, 0.2) is 42.5 Å². The van der Waals surface area contributed by atoms with E-state index in [-0.39, 0.29) is 5.78 Å². The van der Waals surface area contributed by atoms with E-state index in [0.29, 0.717) is 5.69 Å². The smallest absolute Gasteiger partial charge is 0.216 e. The number of imidazole rings is 2. The number of rotatable bonds is 5. The standard InChI is InChI=1S/C26H30N4O/c1-18-11-12-19(2)21(17-18)24-25(20(3)31)30-23-10-6-5-9-22(23)29(26(30)27-24)16-15-28-13-7-4-8-14-28/h5-6,9-12,17H,4,7-8,13-16H2,1-3H3. The van der Waals surface area contributed by atoms with E-state index in [2.05, 4.69) is 64.1 Å². The van der Waals surface area contributed by atoms with Crippen molar-refractivity contribution in [3.8, 4) is 11.3 Å². The Morgan fingerprint density at radius 3 is 2.45 bits per heavy atom. The molecule has 0 amide bonds. The fraction of sp³-hybridized carbons (Fsp3) is 0.385. The van der Waals surface area contributed by atoms with Crippen molar-refractivity contribution in [2.45, 2.75) is 46.6 Å². The summed E-state index contributed by atoms with van der Waals surface area (Å²) in [5.74, 6) is 0.904. The number of ketones is 1. The first-order valence-corrected chi connectivity index (χ1v) is 11.3. The molecule has 2 aromatic heterocycles. The molecule has 0 unspecified atom stereocenters. The molecule has 0 spiro atoms. The molecule has 1 fully saturated rings. The van der Waals surface area contributed by atoms with Gasteiger partial charge in [0.25, 0.3) is 0 Å². The maximum atomic E-state index is 12.9. The van der Waals surface area contributed by atoms with E-state index < -0.39 is 0 Å². The van der Waals surface area contributed by atoms with Gasteiger partial charge in [-0.2, -0.15) is 0 Å². The van der Waals surface area contributed by atoms with Crippen LogP contribution in [-0.2, 0) is 6.54 Å². The zero-order valence-corrected chi connectivity index (χ0v) is 18.7. The van der Waals surface area contributed by atoms with E-state index in [1.807, 2.05) is 6.07 Å². The minimum Gasteiger partial charge on any atom is -0.308 e. The number of aryl methyl sites for hydroxylation is 2. The van der Waals surface area contributed by atoms with Crippen molar-refractivity contribution in [2.24, 2.45) is 0 Å². The van der Waals surface area contributed by atoms with Gasteiger partial charge in [-0.1, -0.05) is 36.2 Å². The van der Waals surface area contributed by atoms with E-state index in [4.69, 9.17) is 4.98 Å². The molecule has 0 radical (unpaired) electrons. The first-order chi connectivity index (χ1) is 15.0. The van der Waals surface area contributed by atoms with Gasteiger partial charge in [0.2, 0.25) is 5.78 Å². The molecule has 2 aromatic carbocycles. The largest absolute Gasteiger partial charge is 0.308 e. The molecule has 1 aliphatic rings. The van der Waals surface area contributed by atoms with Crippen LogP contribution in [0.25, 0.3) is 28.1 Å². The summed E-state index contributed by atoms with van der Waals surface area (Å²) in [6.45, 7) is 10.1. The van der Waals surface area contributed by atoms with Gasteiger partial charge < -0.3 is 9.47 Å². The lowest BCUT2D eigenvalue weighted by molar-refractivity contribution is 0.101. The number of likely N-dealkylation sites (tertiary alicyclic amines) is 1. The zero-order chi connectivity index (χ0) is 21.5. The molecule has 0 saturated carbocycles. The Hall–Kier alpha value is -2.92. The Morgan fingerprint density at radius 2 is 1.71 bits per heavy atom. The summed E-state index contributed by atoms with van der Waals surface area (Å²) in [5, 5.41) is 0. The number of aromatic nitrogens is 3. The average molecular weight is 415 g/mol. The highest BCUT2D eigenvalue weighted by Crippen LogP contribution is 2.32. The molecule has 0 atom stereocenters. The Kier molecular flexibility index (Phi) is 5.14. The maximum absolute atomic E-state index is 12.9. The Morgan fingerprint density at radius 1 is 0.968 bits per heavy atom. The lowest BCUT2D eigenvalue weighted by atomic mass is 10.0. The lowest BCUT2D eigenvalue weighted by Crippen LogP contribution is -2.32. The molecule has 5 heteroatoms. The third-order valence-electron chi connectivity index (χ3n) is 6.58. The van der Waals surface area contributed by atoms with Gasteiger partial charge in [-0.05, 0) is 63.5 Å². The van der Waals surface area contributed by atoms with Crippen LogP contribution in [0.1, 0.15) is 47.8 Å². The maximum Gasteiger partial charge on any atom is 0.216 e. The number of hydrogen-bond acceptors (Lipinski definition) is 3. The quantitative estimate of drug-likeness (QED) is 0.418. The van der Waals surface area contributed by atoms with E-state index in [9.17, 15) is 4.79 Å². The molecule has 5 rings (SSSR count). The number of carbonyl (C=O) groups excluding carboxylic acids is 1. The summed E-state index contributed by atoms with van der Waals surface area (Å²) in [4.78, 5) is 20.5. The van der Waals surface area contributed by atoms with Crippen molar-refractivity contribution in [3.63, 3.8) is 0 Å². The highest BCUT2D eigenvalue weighted by Gasteiger charge is 2.24. The van der Waals surface area contributed by atoms with Crippen LogP contribution in [0.3, 0.4) is 0 Å². The zero-order valence-electron chi connectivity index (χ0n) is 18.7. The van der Waals surface area contributed by atoms with Gasteiger partial charge in [-0.3, -0.25) is 9.20 Å². The first-order valence-electron chi connectivity index (χ1n) is 11.3. The predicted octanol–water partition coefficient (Wildman–Crippen LogP) is 5.26. The first kappa shape index (κ1) is 20.0. The molecule has 5 nitrogen and oxygen atoms in total. The number of benzene rings is 2. The number of fused-ring (bicyclic) bond motifs is 3. The second-order valence-corrected chi connectivity index (χ2v) is 8.86. The van der Waals surface area contributed by atoms with Gasteiger partial charge in [-0.15, -0.1) is 0 Å². The van der Waals surface area contributed by atoms with Gasteiger partial charge in [0.05, 0.1) is 11.0 Å². The molecule has 3 heterocycles. The average Bonchev–Trinajstić information content (AvgIpc) is 3.30. The predicted molar refractivity (Wildman–Crippen MR) is 126 cm³/mol. The summed E-state index contributed by atoms with van der Waals surface area (Å²) in [5.41, 5.74) is 7.00. The minimum absolute atomic E-state index is 0.0438. The van der Waals surface area contributed by atoms with E-state index >= 15 is 0 Å². The van der Waals surface area contributed by atoms with Crippen molar-refractivity contribution < 1.29 is 4.79 Å². The molecule has 0 aliphatic carbocycles. The van der Waals surface area contributed by atoms with Gasteiger partial charge in [0.15, 0.2) is 5.78 Å². The fourth-order valence-electron chi connectivity index (χ4n) is 4.96. The number of Topliss-reactive ketones (excluding diaryl/α,β-unsaturated/α-hetero) is 1. The van der Waals surface area contributed by atoms with Crippen LogP contribution in [0.2, 0.25) is 0 Å². The Labute approximate surface area is 183 Å². The van der Waals surface area contributed by atoms with Crippen molar-refractivity contribution in [1.29, 1.82) is 0 Å². The number of hydrogen-bond donors (Lipinski definition) is 0. The molecule has 4 aromatic rings. The minimum atomic E-state index is 0.0438. The van der Waals surface area contributed by atoms with Crippen molar-refractivity contribution in [1.82, 2.24) is 18.9 Å². The molecule has 0 bridgehead atoms. The van der Waals surface area contributed by atoms with Gasteiger partial charge >= 0.3 is 0 Å². The van der Waals surface area contributed by atoms with E-state index in [0.717, 1.165) is 46.7 Å². The van der Waals surface area contributed by atoms with Crippen molar-refractivity contribution >= 4 is 22.6 Å². The molecule has 1 saturated heterocycles. The Bertz CT molecular complexity index is 1270. The molecular formula is C26H30N4O. The summed E-state index contributed by atoms with van der Waals surface area (Å²) < 4.78 is 4.37. The third kappa shape index (κ3) is 3.47. The SMILES string of the molecule is CC(=O)c1c(-c2cc(C)ccc2C)nc2n(CCN3CCCCC3)c3ccccc3n12. The van der Waals surface area contributed by atoms with Crippen LogP contribution in [0, 0.1) is 13.8 Å².